The summed E-state index contributed by atoms with van der Waals surface area (Å²) < 4.78 is 0.925. The van der Waals surface area contributed by atoms with E-state index in [-0.39, 0.29) is 6.42 Å². The smallest absolute Gasteiger partial charge is 0.328 e. The second kappa shape index (κ2) is 6.50. The van der Waals surface area contributed by atoms with Crippen molar-refractivity contribution in [2.75, 3.05) is 6.61 Å². The summed E-state index contributed by atoms with van der Waals surface area (Å²) in [5, 5.41) is 19.6. The number of H-pyrrole nitrogens is 1. The van der Waals surface area contributed by atoms with Crippen molar-refractivity contribution >= 4 is 11.9 Å². The quantitative estimate of drug-likeness (QED) is 0.450. The van der Waals surface area contributed by atoms with Crippen LogP contribution in [-0.4, -0.2) is 44.3 Å². The van der Waals surface area contributed by atoms with E-state index in [1.54, 1.807) is 0 Å². The molecular weight excluding hydrogens is 258 g/mol. The van der Waals surface area contributed by atoms with Crippen molar-refractivity contribution in [3.05, 3.63) is 33.1 Å². The Balaban J connectivity index is 2.71. The van der Waals surface area contributed by atoms with E-state index in [1.807, 2.05) is 4.98 Å². The summed E-state index contributed by atoms with van der Waals surface area (Å²) >= 11 is 0. The van der Waals surface area contributed by atoms with Gasteiger partial charge >= 0.3 is 11.7 Å². The molecule has 0 aromatic carbocycles. The van der Waals surface area contributed by atoms with E-state index in [4.69, 9.17) is 10.2 Å². The second-order valence-corrected chi connectivity index (χ2v) is 3.71. The fourth-order valence-electron chi connectivity index (χ4n) is 1.35. The molecule has 1 aromatic heterocycles. The number of aromatic nitrogens is 2. The zero-order valence-electron chi connectivity index (χ0n) is 9.83. The first kappa shape index (κ1) is 14.6. The van der Waals surface area contributed by atoms with Gasteiger partial charge in [0.15, 0.2) is 0 Å². The van der Waals surface area contributed by atoms with Gasteiger partial charge in [0, 0.05) is 25.3 Å². The number of carbonyl (C=O) groups is 2. The van der Waals surface area contributed by atoms with Crippen LogP contribution in [0.15, 0.2) is 21.9 Å². The minimum Gasteiger partial charge on any atom is -0.480 e. The van der Waals surface area contributed by atoms with Gasteiger partial charge in [-0.2, -0.15) is 0 Å². The normalized spacial score (nSPS) is 11.8. The van der Waals surface area contributed by atoms with Crippen LogP contribution in [0.3, 0.4) is 0 Å². The number of rotatable bonds is 6. The van der Waals surface area contributed by atoms with Crippen LogP contribution in [0, 0.1) is 0 Å². The number of aliphatic carboxylic acids is 1. The number of nitrogens with zero attached hydrogens (tertiary/aromatic N) is 1. The number of hydrogen-bond acceptors (Lipinski definition) is 5. The molecule has 4 N–H and O–H groups in total. The monoisotopic (exact) mass is 271 g/mol. The number of carbonyl (C=O) groups excluding carboxylic acids is 1. The summed E-state index contributed by atoms with van der Waals surface area (Å²) in [6.07, 6.45) is 0.990. The highest BCUT2D eigenvalue weighted by Crippen LogP contribution is 1.92. The molecule has 0 saturated heterocycles. The Morgan fingerprint density at radius 1 is 1.42 bits per heavy atom. The van der Waals surface area contributed by atoms with E-state index < -0.39 is 42.3 Å². The predicted molar refractivity (Wildman–Crippen MR) is 62.6 cm³/mol. The molecule has 0 fully saturated rings. The second-order valence-electron chi connectivity index (χ2n) is 3.71. The number of aromatic amines is 1. The van der Waals surface area contributed by atoms with E-state index in [0.717, 1.165) is 16.8 Å². The molecule has 0 spiro atoms. The van der Waals surface area contributed by atoms with Crippen molar-refractivity contribution in [3.63, 3.8) is 0 Å². The maximum Gasteiger partial charge on any atom is 0.328 e. The van der Waals surface area contributed by atoms with Crippen molar-refractivity contribution < 1.29 is 19.8 Å². The molecule has 1 rings (SSSR count). The number of nitrogens with one attached hydrogen (secondary N) is 2. The van der Waals surface area contributed by atoms with Gasteiger partial charge in [0.2, 0.25) is 5.91 Å². The highest BCUT2D eigenvalue weighted by atomic mass is 16.4. The summed E-state index contributed by atoms with van der Waals surface area (Å²) in [5.74, 6) is -1.99. The van der Waals surface area contributed by atoms with Gasteiger partial charge in [-0.05, 0) is 0 Å². The fourth-order valence-corrected chi connectivity index (χ4v) is 1.35. The summed E-state index contributed by atoms with van der Waals surface area (Å²) in [6, 6.07) is -0.159. The van der Waals surface area contributed by atoms with Crippen molar-refractivity contribution in [2.24, 2.45) is 0 Å². The van der Waals surface area contributed by atoms with E-state index in [0.29, 0.717) is 0 Å². The molecule has 1 aromatic rings. The summed E-state index contributed by atoms with van der Waals surface area (Å²) in [6.45, 7) is -0.819. The van der Waals surface area contributed by atoms with Crippen LogP contribution < -0.4 is 16.6 Å². The number of amides is 1. The van der Waals surface area contributed by atoms with Crippen LogP contribution in [0.5, 0.6) is 0 Å². The topological polar surface area (TPSA) is 141 Å². The molecule has 0 unspecified atom stereocenters. The summed E-state index contributed by atoms with van der Waals surface area (Å²) in [7, 11) is 0. The first-order valence-electron chi connectivity index (χ1n) is 5.37. The maximum absolute atomic E-state index is 11.5. The molecule has 104 valence electrons. The number of hydrogen-bond donors (Lipinski definition) is 4. The lowest BCUT2D eigenvalue weighted by Gasteiger charge is -2.13. The molecule has 0 bridgehead atoms. The SMILES string of the molecule is O=C(Cn1ccc(=O)[nH]c1=O)N[C@H](CCO)C(=O)O. The lowest BCUT2D eigenvalue weighted by Crippen LogP contribution is -2.44. The van der Waals surface area contributed by atoms with E-state index >= 15 is 0 Å². The lowest BCUT2D eigenvalue weighted by atomic mass is 10.2. The van der Waals surface area contributed by atoms with Crippen LogP contribution >= 0.6 is 0 Å². The van der Waals surface area contributed by atoms with Crippen LogP contribution in [0.4, 0.5) is 0 Å². The van der Waals surface area contributed by atoms with Gasteiger partial charge in [-0.3, -0.25) is 19.1 Å². The predicted octanol–water partition coefficient (Wildman–Crippen LogP) is -2.51. The van der Waals surface area contributed by atoms with Gasteiger partial charge in [0.25, 0.3) is 5.56 Å². The van der Waals surface area contributed by atoms with Crippen LogP contribution in [0.2, 0.25) is 0 Å². The first-order valence-corrected chi connectivity index (χ1v) is 5.37. The van der Waals surface area contributed by atoms with E-state index in [9.17, 15) is 19.2 Å². The van der Waals surface area contributed by atoms with Gasteiger partial charge in [0.1, 0.15) is 12.6 Å². The molecular formula is C10H13N3O6. The van der Waals surface area contributed by atoms with Gasteiger partial charge in [-0.25, -0.2) is 9.59 Å². The average Bonchev–Trinajstić information content (AvgIpc) is 2.32. The third-order valence-electron chi connectivity index (χ3n) is 2.26. The lowest BCUT2D eigenvalue weighted by molar-refractivity contribution is -0.142. The molecule has 1 atom stereocenters. The molecule has 0 aliphatic rings. The molecule has 1 amide bonds. The molecule has 9 heteroatoms. The van der Waals surface area contributed by atoms with E-state index in [2.05, 4.69) is 5.32 Å². The minimum absolute atomic E-state index is 0.137. The zero-order valence-corrected chi connectivity index (χ0v) is 9.83. The number of carboxylic acid groups (broad SMARTS) is 1. The molecule has 0 saturated carbocycles. The molecule has 0 aliphatic heterocycles. The standard InChI is InChI=1S/C10H13N3O6/c14-4-2-6(9(17)18)11-8(16)5-13-3-1-7(15)12-10(13)19/h1,3,6,14H,2,4-5H2,(H,11,16)(H,17,18)(H,12,15,19)/t6-/m1/s1. The zero-order chi connectivity index (χ0) is 14.4. The highest BCUT2D eigenvalue weighted by Gasteiger charge is 2.19. The van der Waals surface area contributed by atoms with Gasteiger partial charge in [0.05, 0.1) is 0 Å². The maximum atomic E-state index is 11.5. The minimum atomic E-state index is -1.28. The number of carboxylic acids is 1. The summed E-state index contributed by atoms with van der Waals surface area (Å²) in [4.78, 5) is 46.3. The Hall–Kier alpha value is -2.42. The first-order chi connectivity index (χ1) is 8.93. The Morgan fingerprint density at radius 2 is 2.11 bits per heavy atom. The van der Waals surface area contributed by atoms with Crippen LogP contribution in [0.1, 0.15) is 6.42 Å². The van der Waals surface area contributed by atoms with Crippen molar-refractivity contribution in [1.29, 1.82) is 0 Å². The van der Waals surface area contributed by atoms with Gasteiger partial charge in [-0.15, -0.1) is 0 Å². The molecule has 1 heterocycles. The average molecular weight is 271 g/mol. The largest absolute Gasteiger partial charge is 0.480 e. The molecule has 0 radical (unpaired) electrons. The number of aliphatic hydroxyl groups is 1. The Morgan fingerprint density at radius 3 is 2.63 bits per heavy atom. The van der Waals surface area contributed by atoms with Crippen LogP contribution in [-0.2, 0) is 16.1 Å². The third kappa shape index (κ3) is 4.39. The number of aliphatic hydroxyl groups excluding tert-OH is 1. The highest BCUT2D eigenvalue weighted by molar-refractivity contribution is 5.83. The van der Waals surface area contributed by atoms with Crippen molar-refractivity contribution in [2.45, 2.75) is 19.0 Å². The van der Waals surface area contributed by atoms with Gasteiger partial charge < -0.3 is 15.5 Å². The fraction of sp³-hybridized carbons (Fsp3) is 0.400. The molecule has 0 aliphatic carbocycles. The van der Waals surface area contributed by atoms with Crippen molar-refractivity contribution in [3.8, 4) is 0 Å². The molecule has 9 nitrogen and oxygen atoms in total. The van der Waals surface area contributed by atoms with E-state index in [1.165, 1.54) is 0 Å². The molecule has 19 heavy (non-hydrogen) atoms. The third-order valence-corrected chi connectivity index (χ3v) is 2.26. The summed E-state index contributed by atoms with van der Waals surface area (Å²) in [5.41, 5.74) is -1.36. The van der Waals surface area contributed by atoms with Crippen LogP contribution in [0.25, 0.3) is 0 Å². The van der Waals surface area contributed by atoms with Crippen molar-refractivity contribution in [1.82, 2.24) is 14.9 Å². The Labute approximate surface area is 106 Å². The Bertz CT molecular complexity index is 575. The van der Waals surface area contributed by atoms with Gasteiger partial charge in [-0.1, -0.05) is 0 Å². The Kier molecular flexibility index (Phi) is 5.01.